The van der Waals surface area contributed by atoms with Crippen LogP contribution in [-0.2, 0) is 6.54 Å². The van der Waals surface area contributed by atoms with E-state index in [0.717, 1.165) is 28.9 Å². The Morgan fingerprint density at radius 1 is 1.35 bits per heavy atom. The zero-order chi connectivity index (χ0) is 13.9. The summed E-state index contributed by atoms with van der Waals surface area (Å²) in [6.07, 6.45) is 8.16. The number of rotatable bonds is 3. The van der Waals surface area contributed by atoms with E-state index in [1.54, 1.807) is 0 Å². The Hall–Kier alpha value is -0.910. The normalized spacial score (nSPS) is 27.1. The molecule has 5 heteroatoms. The van der Waals surface area contributed by atoms with Crippen molar-refractivity contribution in [1.82, 2.24) is 10.3 Å². The van der Waals surface area contributed by atoms with Crippen LogP contribution in [0, 0.1) is 5.92 Å². The van der Waals surface area contributed by atoms with Crippen molar-refractivity contribution in [3.63, 3.8) is 0 Å². The van der Waals surface area contributed by atoms with Crippen molar-refractivity contribution < 1.29 is 4.79 Å². The maximum absolute atomic E-state index is 11.8. The molecule has 2 heterocycles. The van der Waals surface area contributed by atoms with Gasteiger partial charge in [-0.05, 0) is 55.2 Å². The monoisotopic (exact) mass is 293 g/mol. The van der Waals surface area contributed by atoms with E-state index >= 15 is 0 Å². The van der Waals surface area contributed by atoms with Crippen molar-refractivity contribution in [1.29, 1.82) is 0 Å². The first-order valence-corrected chi connectivity index (χ1v) is 8.49. The van der Waals surface area contributed by atoms with Crippen molar-refractivity contribution in [2.75, 3.05) is 6.54 Å². The fourth-order valence-electron chi connectivity index (χ4n) is 3.87. The zero-order valence-electron chi connectivity index (χ0n) is 11.8. The van der Waals surface area contributed by atoms with Crippen molar-refractivity contribution in [2.24, 2.45) is 11.8 Å². The molecule has 1 aliphatic carbocycles. The molecule has 0 aromatic carbocycles. The molecule has 1 aromatic rings. The van der Waals surface area contributed by atoms with E-state index in [0.29, 0.717) is 0 Å². The molecule has 2 aliphatic rings. The summed E-state index contributed by atoms with van der Waals surface area (Å²) in [5.41, 5.74) is 3.38. The summed E-state index contributed by atoms with van der Waals surface area (Å²) in [7, 11) is 0. The third kappa shape index (κ3) is 2.75. The van der Waals surface area contributed by atoms with Gasteiger partial charge in [-0.1, -0.05) is 12.8 Å². The molecule has 0 radical (unpaired) electrons. The van der Waals surface area contributed by atoms with E-state index < -0.39 is 0 Å². The summed E-state index contributed by atoms with van der Waals surface area (Å²) >= 11 is 1.48. The van der Waals surface area contributed by atoms with Crippen LogP contribution in [0.4, 0.5) is 0 Å². The summed E-state index contributed by atoms with van der Waals surface area (Å²) in [6.45, 7) is 2.06. The van der Waals surface area contributed by atoms with E-state index in [1.807, 2.05) is 5.38 Å². The van der Waals surface area contributed by atoms with Gasteiger partial charge in [0.1, 0.15) is 0 Å². The minimum atomic E-state index is -0.160. The van der Waals surface area contributed by atoms with Crippen molar-refractivity contribution in [3.8, 4) is 0 Å². The molecule has 0 spiro atoms. The summed E-state index contributed by atoms with van der Waals surface area (Å²) in [5.74, 6) is 5.98. The fraction of sp³-hybridized carbons (Fsp3) is 0.667. The Morgan fingerprint density at radius 3 is 3.00 bits per heavy atom. The minimum Gasteiger partial charge on any atom is -0.296 e. The van der Waals surface area contributed by atoms with E-state index in [-0.39, 0.29) is 5.91 Å². The molecule has 4 nitrogen and oxygen atoms in total. The molecule has 110 valence electrons. The number of hydrogen-bond acceptors (Lipinski definition) is 4. The van der Waals surface area contributed by atoms with Crippen LogP contribution < -0.4 is 11.3 Å². The quantitative estimate of drug-likeness (QED) is 0.511. The highest BCUT2D eigenvalue weighted by Gasteiger charge is 2.33. The standard InChI is InChI=1S/C15H23N3OS/c16-17-15(19)14-12(7-9-20-14)10-18-8-3-5-11-4-1-2-6-13(11)18/h7,9,11,13H,1-6,8,10,16H2,(H,17,19). The second-order valence-electron chi connectivity index (χ2n) is 5.97. The molecule has 2 unspecified atom stereocenters. The first-order chi connectivity index (χ1) is 9.79. The SMILES string of the molecule is NNC(=O)c1sccc1CN1CCCC2CCCCC21. The van der Waals surface area contributed by atoms with Crippen molar-refractivity contribution in [3.05, 3.63) is 21.9 Å². The molecule has 20 heavy (non-hydrogen) atoms. The van der Waals surface area contributed by atoms with Gasteiger partial charge in [-0.15, -0.1) is 11.3 Å². The van der Waals surface area contributed by atoms with E-state index in [2.05, 4.69) is 16.4 Å². The molecule has 2 fully saturated rings. The van der Waals surface area contributed by atoms with Crippen LogP contribution >= 0.6 is 11.3 Å². The molecule has 1 aliphatic heterocycles. The molecule has 1 saturated heterocycles. The molecular weight excluding hydrogens is 270 g/mol. The van der Waals surface area contributed by atoms with E-state index in [9.17, 15) is 4.79 Å². The number of hydrogen-bond donors (Lipinski definition) is 2. The Bertz CT molecular complexity index is 471. The fourth-order valence-corrected chi connectivity index (χ4v) is 4.69. The smallest absolute Gasteiger partial charge is 0.275 e. The molecular formula is C15H23N3OS. The lowest BCUT2D eigenvalue weighted by Crippen LogP contribution is -2.46. The van der Waals surface area contributed by atoms with Gasteiger partial charge >= 0.3 is 0 Å². The highest BCUT2D eigenvalue weighted by Crippen LogP contribution is 2.36. The predicted octanol–water partition coefficient (Wildman–Crippen LogP) is 2.51. The Kier molecular flexibility index (Phi) is 4.38. The second-order valence-corrected chi connectivity index (χ2v) is 6.89. The second kappa shape index (κ2) is 6.24. The van der Waals surface area contributed by atoms with E-state index in [4.69, 9.17) is 5.84 Å². The number of nitrogen functional groups attached to an aromatic ring is 1. The summed E-state index contributed by atoms with van der Waals surface area (Å²) in [5, 5.41) is 1.99. The topological polar surface area (TPSA) is 58.4 Å². The van der Waals surface area contributed by atoms with Crippen molar-refractivity contribution in [2.45, 2.75) is 51.1 Å². The first-order valence-electron chi connectivity index (χ1n) is 7.61. The maximum Gasteiger partial charge on any atom is 0.275 e. The molecule has 1 saturated carbocycles. The van der Waals surface area contributed by atoms with Crippen LogP contribution in [0.2, 0.25) is 0 Å². The van der Waals surface area contributed by atoms with Gasteiger partial charge in [0.25, 0.3) is 5.91 Å². The lowest BCUT2D eigenvalue weighted by Gasteiger charge is -2.44. The molecule has 3 N–H and O–H groups in total. The van der Waals surface area contributed by atoms with Gasteiger partial charge in [0.05, 0.1) is 4.88 Å². The van der Waals surface area contributed by atoms with Crippen LogP contribution in [0.25, 0.3) is 0 Å². The lowest BCUT2D eigenvalue weighted by molar-refractivity contribution is 0.0545. The van der Waals surface area contributed by atoms with Gasteiger partial charge in [0.15, 0.2) is 0 Å². The van der Waals surface area contributed by atoms with Gasteiger partial charge in [-0.25, -0.2) is 5.84 Å². The van der Waals surface area contributed by atoms with Crippen molar-refractivity contribution >= 4 is 17.2 Å². The van der Waals surface area contributed by atoms with Crippen LogP contribution in [0.3, 0.4) is 0 Å². The summed E-state index contributed by atoms with van der Waals surface area (Å²) in [4.78, 5) is 15.1. The number of thiophene rings is 1. The van der Waals surface area contributed by atoms with Gasteiger partial charge < -0.3 is 0 Å². The third-order valence-corrected chi connectivity index (χ3v) is 5.77. The molecule has 2 atom stereocenters. The minimum absolute atomic E-state index is 0.160. The van der Waals surface area contributed by atoms with Crippen LogP contribution in [0.15, 0.2) is 11.4 Å². The number of nitrogens with zero attached hydrogens (tertiary/aromatic N) is 1. The van der Waals surface area contributed by atoms with Gasteiger partial charge in [0, 0.05) is 12.6 Å². The van der Waals surface area contributed by atoms with Gasteiger partial charge in [0.2, 0.25) is 0 Å². The van der Waals surface area contributed by atoms with Gasteiger partial charge in [-0.2, -0.15) is 0 Å². The van der Waals surface area contributed by atoms with Gasteiger partial charge in [-0.3, -0.25) is 15.1 Å². The summed E-state index contributed by atoms with van der Waals surface area (Å²) in [6, 6.07) is 2.80. The number of carbonyl (C=O) groups excluding carboxylic acids is 1. The number of fused-ring (bicyclic) bond motifs is 1. The maximum atomic E-state index is 11.8. The average Bonchev–Trinajstić information content (AvgIpc) is 2.95. The zero-order valence-corrected chi connectivity index (χ0v) is 12.6. The Balaban J connectivity index is 1.73. The predicted molar refractivity (Wildman–Crippen MR) is 81.4 cm³/mol. The molecule has 1 aromatic heterocycles. The number of carbonyl (C=O) groups is 1. The highest BCUT2D eigenvalue weighted by atomic mass is 32.1. The number of nitrogens with one attached hydrogen (secondary N) is 1. The number of amides is 1. The van der Waals surface area contributed by atoms with Crippen LogP contribution in [0.1, 0.15) is 53.8 Å². The molecule has 3 rings (SSSR count). The molecule has 0 bridgehead atoms. The van der Waals surface area contributed by atoms with E-state index in [1.165, 1.54) is 56.4 Å². The number of likely N-dealkylation sites (tertiary alicyclic amines) is 1. The number of piperidine rings is 1. The first kappa shape index (κ1) is 14.0. The average molecular weight is 293 g/mol. The van der Waals surface area contributed by atoms with Crippen LogP contribution in [-0.4, -0.2) is 23.4 Å². The Morgan fingerprint density at radius 2 is 2.15 bits per heavy atom. The van der Waals surface area contributed by atoms with Crippen LogP contribution in [0.5, 0.6) is 0 Å². The number of nitrogens with two attached hydrogens (primary N) is 1. The largest absolute Gasteiger partial charge is 0.296 e. The molecule has 1 amide bonds. The summed E-state index contributed by atoms with van der Waals surface area (Å²) < 4.78 is 0. The third-order valence-electron chi connectivity index (χ3n) is 4.82. The Labute approximate surface area is 124 Å². The lowest BCUT2D eigenvalue weighted by atomic mass is 9.78. The highest BCUT2D eigenvalue weighted by molar-refractivity contribution is 7.12. The number of hydrazine groups is 1.